The van der Waals surface area contributed by atoms with E-state index in [0.29, 0.717) is 11.4 Å². The van der Waals surface area contributed by atoms with Gasteiger partial charge >= 0.3 is 0 Å². The number of para-hydroxylation sites is 1. The predicted molar refractivity (Wildman–Crippen MR) is 73.8 cm³/mol. The summed E-state index contributed by atoms with van der Waals surface area (Å²) in [7, 11) is 1.95. The van der Waals surface area contributed by atoms with Gasteiger partial charge in [-0.2, -0.15) is 0 Å². The molecule has 0 aliphatic rings. The van der Waals surface area contributed by atoms with Crippen LogP contribution in [0, 0.1) is 0 Å². The molecular weight excluding hydrogens is 226 g/mol. The number of hydrogen-bond donors (Lipinski definition) is 1. The lowest BCUT2D eigenvalue weighted by Gasteiger charge is -2.10. The molecule has 1 heterocycles. The summed E-state index contributed by atoms with van der Waals surface area (Å²) in [4.78, 5) is 16.5. The molecule has 0 saturated heterocycles. The Bertz CT molecular complexity index is 577. The maximum absolute atomic E-state index is 12.2. The van der Waals surface area contributed by atoms with Crippen molar-refractivity contribution < 1.29 is 0 Å². The first-order chi connectivity index (χ1) is 8.72. The summed E-state index contributed by atoms with van der Waals surface area (Å²) in [6.45, 7) is 2.87. The number of benzene rings is 1. The van der Waals surface area contributed by atoms with Crippen LogP contribution in [0.15, 0.2) is 35.4 Å². The molecule has 0 saturated carbocycles. The lowest BCUT2D eigenvalue weighted by Crippen LogP contribution is -2.24. The lowest BCUT2D eigenvalue weighted by molar-refractivity contribution is 0.501. The second-order valence-electron chi connectivity index (χ2n) is 4.59. The summed E-state index contributed by atoms with van der Waals surface area (Å²) in [6.07, 6.45) is 3.67. The van der Waals surface area contributed by atoms with Gasteiger partial charge in [-0.3, -0.25) is 9.36 Å². The van der Waals surface area contributed by atoms with Crippen molar-refractivity contribution in [2.45, 2.75) is 32.4 Å². The van der Waals surface area contributed by atoms with E-state index in [-0.39, 0.29) is 5.56 Å². The fraction of sp³-hybridized carbons (Fsp3) is 0.429. The highest BCUT2D eigenvalue weighted by atomic mass is 16.1. The van der Waals surface area contributed by atoms with Crippen LogP contribution in [0.3, 0.4) is 0 Å². The molecule has 2 rings (SSSR count). The van der Waals surface area contributed by atoms with Gasteiger partial charge in [0.15, 0.2) is 0 Å². The normalized spacial score (nSPS) is 12.8. The molecule has 0 bridgehead atoms. The van der Waals surface area contributed by atoms with Crippen molar-refractivity contribution in [1.29, 1.82) is 0 Å². The number of fused-ring (bicyclic) bond motifs is 1. The fourth-order valence-corrected chi connectivity index (χ4v) is 1.98. The average molecular weight is 245 g/mol. The fourth-order valence-electron chi connectivity index (χ4n) is 1.98. The zero-order valence-corrected chi connectivity index (χ0v) is 10.9. The molecule has 0 amide bonds. The summed E-state index contributed by atoms with van der Waals surface area (Å²) in [5.74, 6) is 0. The minimum Gasteiger partial charge on any atom is -0.317 e. The largest absolute Gasteiger partial charge is 0.317 e. The molecule has 1 N–H and O–H groups in total. The second kappa shape index (κ2) is 5.78. The van der Waals surface area contributed by atoms with Gasteiger partial charge in [0, 0.05) is 12.6 Å². The van der Waals surface area contributed by atoms with E-state index in [1.807, 2.05) is 31.3 Å². The summed E-state index contributed by atoms with van der Waals surface area (Å²) >= 11 is 0. The molecule has 2 aromatic rings. The van der Waals surface area contributed by atoms with Gasteiger partial charge in [-0.15, -0.1) is 0 Å². The number of nitrogens with one attached hydrogen (secondary N) is 1. The number of rotatable bonds is 5. The monoisotopic (exact) mass is 245 g/mol. The van der Waals surface area contributed by atoms with Gasteiger partial charge in [0.25, 0.3) is 5.56 Å². The van der Waals surface area contributed by atoms with Crippen LogP contribution >= 0.6 is 0 Å². The van der Waals surface area contributed by atoms with E-state index in [4.69, 9.17) is 0 Å². The van der Waals surface area contributed by atoms with Crippen LogP contribution in [0.4, 0.5) is 0 Å². The van der Waals surface area contributed by atoms with Crippen molar-refractivity contribution >= 4 is 10.9 Å². The lowest BCUT2D eigenvalue weighted by atomic mass is 10.2. The van der Waals surface area contributed by atoms with Gasteiger partial charge in [0.1, 0.15) is 0 Å². The first-order valence-electron chi connectivity index (χ1n) is 6.34. The molecule has 96 valence electrons. The summed E-state index contributed by atoms with van der Waals surface area (Å²) in [5.41, 5.74) is 0.819. The number of hydrogen-bond acceptors (Lipinski definition) is 3. The Morgan fingerprint density at radius 2 is 2.17 bits per heavy atom. The first-order valence-corrected chi connectivity index (χ1v) is 6.34. The predicted octanol–water partition coefficient (Wildman–Crippen LogP) is 1.78. The highest BCUT2D eigenvalue weighted by Gasteiger charge is 2.04. The van der Waals surface area contributed by atoms with Gasteiger partial charge in [0.05, 0.1) is 17.2 Å². The Morgan fingerprint density at radius 1 is 1.39 bits per heavy atom. The van der Waals surface area contributed by atoms with E-state index in [1.165, 1.54) is 0 Å². The molecule has 1 aromatic carbocycles. The van der Waals surface area contributed by atoms with E-state index >= 15 is 0 Å². The molecule has 4 nitrogen and oxygen atoms in total. The summed E-state index contributed by atoms with van der Waals surface area (Å²) < 4.78 is 1.70. The van der Waals surface area contributed by atoms with Crippen molar-refractivity contribution in [2.75, 3.05) is 7.05 Å². The molecule has 0 spiro atoms. The minimum atomic E-state index is 0.0534. The Morgan fingerprint density at radius 3 is 2.94 bits per heavy atom. The quantitative estimate of drug-likeness (QED) is 0.873. The van der Waals surface area contributed by atoms with Gasteiger partial charge in [-0.1, -0.05) is 12.1 Å². The van der Waals surface area contributed by atoms with Crippen LogP contribution in [-0.2, 0) is 6.54 Å². The SMILES string of the molecule is CNC(C)CCCn1cnc2ccccc2c1=O. The van der Waals surface area contributed by atoms with E-state index in [9.17, 15) is 4.79 Å². The van der Waals surface area contributed by atoms with Gasteiger partial charge < -0.3 is 5.32 Å². The van der Waals surface area contributed by atoms with Crippen LogP contribution in [0.5, 0.6) is 0 Å². The van der Waals surface area contributed by atoms with Crippen LogP contribution < -0.4 is 10.9 Å². The minimum absolute atomic E-state index is 0.0534. The molecule has 0 radical (unpaired) electrons. The molecule has 1 atom stereocenters. The van der Waals surface area contributed by atoms with Gasteiger partial charge in [-0.25, -0.2) is 4.98 Å². The molecule has 4 heteroatoms. The van der Waals surface area contributed by atoms with Crippen molar-refractivity contribution in [3.05, 3.63) is 40.9 Å². The zero-order chi connectivity index (χ0) is 13.0. The number of aryl methyl sites for hydroxylation is 1. The van der Waals surface area contributed by atoms with Gasteiger partial charge in [0.2, 0.25) is 0 Å². The van der Waals surface area contributed by atoms with E-state index in [0.717, 1.165) is 24.9 Å². The third-order valence-corrected chi connectivity index (χ3v) is 3.26. The maximum atomic E-state index is 12.2. The number of nitrogens with zero attached hydrogens (tertiary/aromatic N) is 2. The summed E-state index contributed by atoms with van der Waals surface area (Å²) in [5, 5.41) is 3.89. The van der Waals surface area contributed by atoms with E-state index in [2.05, 4.69) is 17.2 Å². The molecule has 1 aromatic heterocycles. The van der Waals surface area contributed by atoms with E-state index < -0.39 is 0 Å². The van der Waals surface area contributed by atoms with Crippen LogP contribution in [-0.4, -0.2) is 22.6 Å². The van der Waals surface area contributed by atoms with Crippen molar-refractivity contribution in [3.63, 3.8) is 0 Å². The van der Waals surface area contributed by atoms with Gasteiger partial charge in [-0.05, 0) is 38.9 Å². The average Bonchev–Trinajstić information content (AvgIpc) is 2.41. The Kier molecular flexibility index (Phi) is 4.10. The van der Waals surface area contributed by atoms with E-state index in [1.54, 1.807) is 10.9 Å². The Hall–Kier alpha value is -1.68. The molecule has 0 fully saturated rings. The first kappa shape index (κ1) is 12.8. The Balaban J connectivity index is 2.14. The van der Waals surface area contributed by atoms with Crippen molar-refractivity contribution in [1.82, 2.24) is 14.9 Å². The third kappa shape index (κ3) is 2.76. The molecule has 0 aliphatic carbocycles. The summed E-state index contributed by atoms with van der Waals surface area (Å²) in [6, 6.07) is 7.95. The standard InChI is InChI=1S/C14H19N3O/c1-11(15-2)6-5-9-17-10-16-13-8-4-3-7-12(13)14(17)18/h3-4,7-8,10-11,15H,5-6,9H2,1-2H3. The maximum Gasteiger partial charge on any atom is 0.261 e. The van der Waals surface area contributed by atoms with Crippen LogP contribution in [0.1, 0.15) is 19.8 Å². The highest BCUT2D eigenvalue weighted by molar-refractivity contribution is 5.76. The molecule has 18 heavy (non-hydrogen) atoms. The van der Waals surface area contributed by atoms with Crippen molar-refractivity contribution in [2.24, 2.45) is 0 Å². The Labute approximate surface area is 107 Å². The van der Waals surface area contributed by atoms with Crippen LogP contribution in [0.2, 0.25) is 0 Å². The highest BCUT2D eigenvalue weighted by Crippen LogP contribution is 2.05. The van der Waals surface area contributed by atoms with Crippen molar-refractivity contribution in [3.8, 4) is 0 Å². The van der Waals surface area contributed by atoms with Crippen LogP contribution in [0.25, 0.3) is 10.9 Å². The smallest absolute Gasteiger partial charge is 0.261 e. The third-order valence-electron chi connectivity index (χ3n) is 3.26. The molecular formula is C14H19N3O. The molecule has 1 unspecified atom stereocenters. The number of aromatic nitrogens is 2. The zero-order valence-electron chi connectivity index (χ0n) is 10.9. The molecule has 0 aliphatic heterocycles. The topological polar surface area (TPSA) is 46.9 Å². The second-order valence-corrected chi connectivity index (χ2v) is 4.59.